The summed E-state index contributed by atoms with van der Waals surface area (Å²) in [4.78, 5) is 12.0. The first-order valence-electron chi connectivity index (χ1n) is 6.94. The predicted molar refractivity (Wildman–Crippen MR) is 79.9 cm³/mol. The molecule has 3 heteroatoms. The molecule has 1 heterocycles. The first-order valence-corrected chi connectivity index (χ1v) is 6.94. The van der Waals surface area contributed by atoms with Crippen molar-refractivity contribution in [1.29, 1.82) is 0 Å². The van der Waals surface area contributed by atoms with E-state index in [1.54, 1.807) is 12.1 Å². The minimum absolute atomic E-state index is 0.0471. The Kier molecular flexibility index (Phi) is 4.28. The molecule has 0 spiro atoms. The summed E-state index contributed by atoms with van der Waals surface area (Å²) in [5, 5.41) is 2.94. The lowest BCUT2D eigenvalue weighted by atomic mass is 9.99. The van der Waals surface area contributed by atoms with Crippen LogP contribution in [-0.4, -0.2) is 5.91 Å². The van der Waals surface area contributed by atoms with Gasteiger partial charge in [0.05, 0.1) is 6.04 Å². The van der Waals surface area contributed by atoms with Gasteiger partial charge in [-0.25, -0.2) is 0 Å². The molecule has 0 radical (unpaired) electrons. The van der Waals surface area contributed by atoms with E-state index < -0.39 is 0 Å². The molecule has 106 valence electrons. The van der Waals surface area contributed by atoms with Crippen molar-refractivity contribution in [2.24, 2.45) is 0 Å². The van der Waals surface area contributed by atoms with Crippen LogP contribution in [0.2, 0.25) is 0 Å². The minimum atomic E-state index is -0.182. The van der Waals surface area contributed by atoms with Crippen LogP contribution >= 0.6 is 0 Å². The van der Waals surface area contributed by atoms with Gasteiger partial charge < -0.3 is 9.73 Å². The summed E-state index contributed by atoms with van der Waals surface area (Å²) < 4.78 is 5.32. The average Bonchev–Trinajstić information content (AvgIpc) is 2.85. The molecule has 0 saturated heterocycles. The second kappa shape index (κ2) is 5.95. The smallest absolute Gasteiger partial charge is 0.287 e. The summed E-state index contributed by atoms with van der Waals surface area (Å²) in [5.41, 5.74) is 2.39. The Morgan fingerprint density at radius 2 is 1.60 bits per heavy atom. The van der Waals surface area contributed by atoms with Gasteiger partial charge in [0.15, 0.2) is 5.76 Å². The number of amides is 1. The van der Waals surface area contributed by atoms with E-state index in [0.717, 1.165) is 11.3 Å². The van der Waals surface area contributed by atoms with Crippen LogP contribution in [0.5, 0.6) is 0 Å². The van der Waals surface area contributed by atoms with Crippen LogP contribution in [0.25, 0.3) is 0 Å². The van der Waals surface area contributed by atoms with Gasteiger partial charge in [-0.2, -0.15) is 0 Å². The number of carbonyl (C=O) groups is 1. The van der Waals surface area contributed by atoms with E-state index in [1.165, 1.54) is 5.56 Å². The second-order valence-electron chi connectivity index (χ2n) is 5.43. The highest BCUT2D eigenvalue weighted by molar-refractivity contribution is 5.91. The van der Waals surface area contributed by atoms with E-state index in [1.807, 2.05) is 13.8 Å². The SMILES string of the molecule is Cc1ccc(C(=O)N[C@H](C)c2ccc(C(C)C)cc2)o1. The molecule has 1 amide bonds. The van der Waals surface area contributed by atoms with Crippen molar-refractivity contribution in [3.63, 3.8) is 0 Å². The van der Waals surface area contributed by atoms with Crippen LogP contribution in [-0.2, 0) is 0 Å². The van der Waals surface area contributed by atoms with Gasteiger partial charge in [-0.3, -0.25) is 4.79 Å². The number of rotatable bonds is 4. The number of nitrogens with one attached hydrogen (secondary N) is 1. The molecule has 1 atom stereocenters. The van der Waals surface area contributed by atoms with E-state index in [-0.39, 0.29) is 11.9 Å². The molecular formula is C17H21NO2. The summed E-state index contributed by atoms with van der Waals surface area (Å²) in [7, 11) is 0. The molecule has 2 aromatic rings. The van der Waals surface area contributed by atoms with Crippen LogP contribution in [0.1, 0.15) is 60.2 Å². The Labute approximate surface area is 120 Å². The van der Waals surface area contributed by atoms with E-state index in [0.29, 0.717) is 11.7 Å². The Morgan fingerprint density at radius 1 is 1.00 bits per heavy atom. The normalized spacial score (nSPS) is 12.4. The minimum Gasteiger partial charge on any atom is -0.456 e. The monoisotopic (exact) mass is 271 g/mol. The van der Waals surface area contributed by atoms with Crippen molar-refractivity contribution < 1.29 is 9.21 Å². The van der Waals surface area contributed by atoms with Gasteiger partial charge in [-0.05, 0) is 43.0 Å². The molecule has 0 saturated carbocycles. The van der Waals surface area contributed by atoms with Gasteiger partial charge in [0.2, 0.25) is 0 Å². The van der Waals surface area contributed by atoms with Crippen molar-refractivity contribution in [2.75, 3.05) is 0 Å². The van der Waals surface area contributed by atoms with Gasteiger partial charge in [0.1, 0.15) is 5.76 Å². The number of benzene rings is 1. The zero-order valence-corrected chi connectivity index (χ0v) is 12.4. The van der Waals surface area contributed by atoms with E-state index in [9.17, 15) is 4.79 Å². The van der Waals surface area contributed by atoms with Gasteiger partial charge in [-0.15, -0.1) is 0 Å². The zero-order chi connectivity index (χ0) is 14.7. The van der Waals surface area contributed by atoms with Crippen LogP contribution < -0.4 is 5.32 Å². The molecule has 0 fully saturated rings. The number of carbonyl (C=O) groups excluding carboxylic acids is 1. The summed E-state index contributed by atoms with van der Waals surface area (Å²) in [6.07, 6.45) is 0. The third kappa shape index (κ3) is 3.29. The van der Waals surface area contributed by atoms with E-state index in [4.69, 9.17) is 4.42 Å². The summed E-state index contributed by atoms with van der Waals surface area (Å²) in [6, 6.07) is 11.8. The fraction of sp³-hybridized carbons (Fsp3) is 0.353. The van der Waals surface area contributed by atoms with Gasteiger partial charge in [0, 0.05) is 0 Å². The lowest BCUT2D eigenvalue weighted by molar-refractivity contribution is 0.0910. The van der Waals surface area contributed by atoms with Gasteiger partial charge in [-0.1, -0.05) is 38.1 Å². The van der Waals surface area contributed by atoms with Crippen LogP contribution in [0.3, 0.4) is 0 Å². The van der Waals surface area contributed by atoms with Gasteiger partial charge >= 0.3 is 0 Å². The van der Waals surface area contributed by atoms with Crippen molar-refractivity contribution in [2.45, 2.75) is 39.7 Å². The van der Waals surface area contributed by atoms with Crippen molar-refractivity contribution in [1.82, 2.24) is 5.32 Å². The third-order valence-corrected chi connectivity index (χ3v) is 3.41. The molecular weight excluding hydrogens is 250 g/mol. The standard InChI is InChI=1S/C17H21NO2/c1-11(2)14-6-8-15(9-7-14)13(4)18-17(19)16-10-5-12(3)20-16/h5-11,13H,1-4H3,(H,18,19)/t13-/m1/s1. The van der Waals surface area contributed by atoms with Crippen LogP contribution in [0.15, 0.2) is 40.8 Å². The molecule has 0 aliphatic rings. The highest BCUT2D eigenvalue weighted by Gasteiger charge is 2.14. The quantitative estimate of drug-likeness (QED) is 0.905. The van der Waals surface area contributed by atoms with E-state index >= 15 is 0 Å². The molecule has 0 aliphatic carbocycles. The molecule has 1 aromatic carbocycles. The Bertz CT molecular complexity index is 581. The Hall–Kier alpha value is -2.03. The first-order chi connectivity index (χ1) is 9.47. The lowest BCUT2D eigenvalue weighted by Crippen LogP contribution is -2.26. The highest BCUT2D eigenvalue weighted by atomic mass is 16.3. The second-order valence-corrected chi connectivity index (χ2v) is 5.43. The maximum atomic E-state index is 12.0. The average molecular weight is 271 g/mol. The fourth-order valence-electron chi connectivity index (χ4n) is 2.08. The van der Waals surface area contributed by atoms with Gasteiger partial charge in [0.25, 0.3) is 5.91 Å². The molecule has 0 bridgehead atoms. The van der Waals surface area contributed by atoms with Crippen molar-refractivity contribution in [3.8, 4) is 0 Å². The summed E-state index contributed by atoms with van der Waals surface area (Å²) in [6.45, 7) is 8.13. The molecule has 20 heavy (non-hydrogen) atoms. The topological polar surface area (TPSA) is 42.2 Å². The number of hydrogen-bond acceptors (Lipinski definition) is 2. The largest absolute Gasteiger partial charge is 0.456 e. The van der Waals surface area contributed by atoms with Crippen molar-refractivity contribution >= 4 is 5.91 Å². The Balaban J connectivity index is 2.04. The Morgan fingerprint density at radius 3 is 2.10 bits per heavy atom. The zero-order valence-electron chi connectivity index (χ0n) is 12.4. The molecule has 1 aromatic heterocycles. The summed E-state index contributed by atoms with van der Waals surface area (Å²) >= 11 is 0. The number of hydrogen-bond donors (Lipinski definition) is 1. The predicted octanol–water partition coefficient (Wildman–Crippen LogP) is 4.20. The van der Waals surface area contributed by atoms with Crippen molar-refractivity contribution in [3.05, 3.63) is 59.0 Å². The maximum absolute atomic E-state index is 12.0. The van der Waals surface area contributed by atoms with Crippen LogP contribution in [0.4, 0.5) is 0 Å². The number of aryl methyl sites for hydroxylation is 1. The van der Waals surface area contributed by atoms with E-state index in [2.05, 4.69) is 43.4 Å². The number of furan rings is 1. The summed E-state index contributed by atoms with van der Waals surface area (Å²) in [5.74, 6) is 1.43. The molecule has 0 unspecified atom stereocenters. The first kappa shape index (κ1) is 14.4. The van der Waals surface area contributed by atoms with Crippen LogP contribution in [0, 0.1) is 6.92 Å². The molecule has 0 aliphatic heterocycles. The molecule has 1 N–H and O–H groups in total. The highest BCUT2D eigenvalue weighted by Crippen LogP contribution is 2.19. The molecule has 3 nitrogen and oxygen atoms in total. The maximum Gasteiger partial charge on any atom is 0.287 e. The molecule has 2 rings (SSSR count). The third-order valence-electron chi connectivity index (χ3n) is 3.41. The fourth-order valence-corrected chi connectivity index (χ4v) is 2.08. The lowest BCUT2D eigenvalue weighted by Gasteiger charge is -2.14.